The van der Waals surface area contributed by atoms with Crippen LogP contribution in [0.5, 0.6) is 0 Å². The fourth-order valence-corrected chi connectivity index (χ4v) is 9.42. The van der Waals surface area contributed by atoms with Gasteiger partial charge in [0, 0.05) is 60.3 Å². The first-order valence-electron chi connectivity index (χ1n) is 20.3. The van der Waals surface area contributed by atoms with E-state index in [4.69, 9.17) is 8.83 Å². The van der Waals surface area contributed by atoms with Crippen molar-refractivity contribution in [3.8, 4) is 27.9 Å². The summed E-state index contributed by atoms with van der Waals surface area (Å²) in [7, 11) is 0. The van der Waals surface area contributed by atoms with Crippen LogP contribution in [0.4, 0.5) is 17.1 Å². The number of hydrogen-bond acceptors (Lipinski definition) is 3. The van der Waals surface area contributed by atoms with Crippen LogP contribution in [0, 0.1) is 0 Å². The highest BCUT2D eigenvalue weighted by molar-refractivity contribution is 6.10. The van der Waals surface area contributed by atoms with E-state index in [1.165, 1.54) is 43.2 Å². The van der Waals surface area contributed by atoms with Gasteiger partial charge in [-0.05, 0) is 121 Å². The van der Waals surface area contributed by atoms with E-state index in [0.717, 1.165) is 92.5 Å². The number of aromatic nitrogens is 1. The van der Waals surface area contributed by atoms with Crippen molar-refractivity contribution in [1.29, 1.82) is 0 Å². The average Bonchev–Trinajstić information content (AvgIpc) is 3.97. The van der Waals surface area contributed by atoms with Gasteiger partial charge in [0.15, 0.2) is 0 Å². The Bertz CT molecular complexity index is 3460. The van der Waals surface area contributed by atoms with E-state index in [9.17, 15) is 0 Å². The summed E-state index contributed by atoms with van der Waals surface area (Å²) in [5.41, 5.74) is 15.1. The zero-order valence-electron chi connectivity index (χ0n) is 31.9. The lowest BCUT2D eigenvalue weighted by molar-refractivity contribution is 0.571. The minimum absolute atomic E-state index is 0.926. The fraction of sp³-hybridized carbons (Fsp3) is 0.0741. The highest BCUT2D eigenvalue weighted by Gasteiger charge is 2.20. The lowest BCUT2D eigenvalue weighted by Crippen LogP contribution is -2.22. The molecule has 0 fully saturated rings. The Hall–Kier alpha value is -7.30. The summed E-state index contributed by atoms with van der Waals surface area (Å²) in [6.45, 7) is 0. The van der Waals surface area contributed by atoms with E-state index in [1.54, 1.807) is 0 Å². The standard InChI is InChI=1S/C54H38N2O2/c1-2-15-37(16-3-1)55(39-17-12-14-36(32-39)41-22-13-27-52-53(41)45-21-7-11-26-51(45)57-52)38-30-28-35(29-31-38)46-33-40(34-47-44-20-6-10-25-50(44)58-54(46)47)56-48-23-8-4-18-42(48)43-19-5-9-24-49(43)56/h1-5,8-9,12-34H,6-7,10-11H2. The molecule has 2 aliphatic rings. The molecule has 7 aromatic carbocycles. The Kier molecular flexibility index (Phi) is 7.45. The number of anilines is 3. The quantitative estimate of drug-likeness (QED) is 0.170. The SMILES string of the molecule is C1=c2oc3c(-c4ccc(N(c5ccccc5)c5cccc(-c6cccc7oc8c(c67)=CCCC=8)c5)cc4)cc(-n4c5ccccc5c5ccccc54)cc3c2=CCC1. The minimum Gasteiger partial charge on any atom is -0.456 e. The molecule has 3 aromatic heterocycles. The van der Waals surface area contributed by atoms with E-state index in [2.05, 4.69) is 191 Å². The predicted molar refractivity (Wildman–Crippen MR) is 241 cm³/mol. The van der Waals surface area contributed by atoms with Gasteiger partial charge in [-0.1, -0.05) is 103 Å². The molecule has 0 radical (unpaired) electrons. The molecule has 58 heavy (non-hydrogen) atoms. The Morgan fingerprint density at radius 1 is 0.431 bits per heavy atom. The number of furan rings is 2. The molecule has 0 spiro atoms. The number of hydrogen-bond donors (Lipinski definition) is 0. The smallest absolute Gasteiger partial charge is 0.143 e. The van der Waals surface area contributed by atoms with Crippen LogP contribution in [0.3, 0.4) is 0 Å². The molecule has 4 heteroatoms. The third-order valence-corrected chi connectivity index (χ3v) is 12.0. The van der Waals surface area contributed by atoms with Gasteiger partial charge < -0.3 is 18.3 Å². The Labute approximate surface area is 334 Å². The Morgan fingerprint density at radius 2 is 1.07 bits per heavy atom. The molecule has 0 amide bonds. The summed E-state index contributed by atoms with van der Waals surface area (Å²) in [5.74, 6) is 0. The first-order valence-corrected chi connectivity index (χ1v) is 20.3. The van der Waals surface area contributed by atoms with E-state index in [0.29, 0.717) is 0 Å². The van der Waals surface area contributed by atoms with Gasteiger partial charge >= 0.3 is 0 Å². The molecule has 2 aliphatic carbocycles. The summed E-state index contributed by atoms with van der Waals surface area (Å²) in [5, 5.41) is 7.24. The number of benzene rings is 7. The predicted octanol–water partition coefficient (Wildman–Crippen LogP) is 11.8. The van der Waals surface area contributed by atoms with E-state index in [-0.39, 0.29) is 0 Å². The van der Waals surface area contributed by atoms with Gasteiger partial charge in [0.2, 0.25) is 0 Å². The molecule has 0 bridgehead atoms. The van der Waals surface area contributed by atoms with Crippen molar-refractivity contribution in [2.75, 3.05) is 4.90 Å². The first-order chi connectivity index (χ1) is 28.8. The van der Waals surface area contributed by atoms with E-state index in [1.807, 2.05) is 0 Å². The number of fused-ring (bicyclic) bond motifs is 9. The molecule has 4 nitrogen and oxygen atoms in total. The average molecular weight is 747 g/mol. The molecule has 0 aliphatic heterocycles. The number of nitrogens with zero attached hydrogens (tertiary/aromatic N) is 2. The molecule has 0 saturated heterocycles. The topological polar surface area (TPSA) is 34.5 Å². The second kappa shape index (κ2) is 13.1. The van der Waals surface area contributed by atoms with E-state index < -0.39 is 0 Å². The van der Waals surface area contributed by atoms with Gasteiger partial charge in [0.25, 0.3) is 0 Å². The molecule has 0 unspecified atom stereocenters. The van der Waals surface area contributed by atoms with Crippen LogP contribution >= 0.6 is 0 Å². The van der Waals surface area contributed by atoms with Gasteiger partial charge in [-0.15, -0.1) is 0 Å². The largest absolute Gasteiger partial charge is 0.456 e. The van der Waals surface area contributed by atoms with Crippen LogP contribution in [0.2, 0.25) is 0 Å². The van der Waals surface area contributed by atoms with Gasteiger partial charge in [0.1, 0.15) is 22.0 Å². The molecular weight excluding hydrogens is 709 g/mol. The van der Waals surface area contributed by atoms with Crippen LogP contribution in [-0.2, 0) is 0 Å². The molecule has 12 rings (SSSR count). The maximum absolute atomic E-state index is 6.74. The van der Waals surface area contributed by atoms with Crippen LogP contribution < -0.4 is 26.2 Å². The second-order valence-electron chi connectivity index (χ2n) is 15.4. The third kappa shape index (κ3) is 5.15. The van der Waals surface area contributed by atoms with Crippen LogP contribution in [0.15, 0.2) is 167 Å². The lowest BCUT2D eigenvalue weighted by atomic mass is 9.98. The van der Waals surface area contributed by atoms with Crippen molar-refractivity contribution < 1.29 is 8.83 Å². The fourth-order valence-electron chi connectivity index (χ4n) is 9.42. The molecular formula is C54H38N2O2. The van der Waals surface area contributed by atoms with Crippen molar-refractivity contribution in [2.24, 2.45) is 0 Å². The van der Waals surface area contributed by atoms with Gasteiger partial charge in [-0.2, -0.15) is 0 Å². The van der Waals surface area contributed by atoms with Gasteiger partial charge in [-0.3, -0.25) is 0 Å². The van der Waals surface area contributed by atoms with Crippen molar-refractivity contribution in [2.45, 2.75) is 25.7 Å². The van der Waals surface area contributed by atoms with Crippen LogP contribution in [0.1, 0.15) is 25.7 Å². The van der Waals surface area contributed by atoms with Gasteiger partial charge in [0.05, 0.1) is 11.0 Å². The van der Waals surface area contributed by atoms with Gasteiger partial charge in [-0.25, -0.2) is 0 Å². The molecule has 276 valence electrons. The van der Waals surface area contributed by atoms with Crippen LogP contribution in [0.25, 0.3) is 96.0 Å². The highest BCUT2D eigenvalue weighted by atomic mass is 16.3. The summed E-state index contributed by atoms with van der Waals surface area (Å²) >= 11 is 0. The zero-order chi connectivity index (χ0) is 38.2. The third-order valence-electron chi connectivity index (χ3n) is 12.0. The molecule has 0 atom stereocenters. The normalized spacial score (nSPS) is 13.4. The first kappa shape index (κ1) is 32.9. The second-order valence-corrected chi connectivity index (χ2v) is 15.4. The van der Waals surface area contributed by atoms with E-state index >= 15 is 0 Å². The summed E-state index contributed by atoms with van der Waals surface area (Å²) in [6, 6.07) is 57.0. The molecule has 0 saturated carbocycles. The van der Waals surface area contributed by atoms with Crippen molar-refractivity contribution in [1.82, 2.24) is 4.57 Å². The highest BCUT2D eigenvalue weighted by Crippen LogP contribution is 2.40. The van der Waals surface area contributed by atoms with Crippen molar-refractivity contribution in [3.63, 3.8) is 0 Å². The number of para-hydroxylation sites is 3. The maximum atomic E-state index is 6.74. The summed E-state index contributed by atoms with van der Waals surface area (Å²) < 4.78 is 15.5. The molecule has 0 N–H and O–H groups in total. The monoisotopic (exact) mass is 746 g/mol. The Morgan fingerprint density at radius 3 is 1.84 bits per heavy atom. The molecule has 10 aromatic rings. The lowest BCUT2D eigenvalue weighted by Gasteiger charge is -2.26. The number of rotatable bonds is 6. The molecule has 3 heterocycles. The summed E-state index contributed by atoms with van der Waals surface area (Å²) in [6.07, 6.45) is 13.2. The van der Waals surface area contributed by atoms with Crippen molar-refractivity contribution in [3.05, 3.63) is 179 Å². The van der Waals surface area contributed by atoms with Crippen molar-refractivity contribution >= 4 is 85.1 Å². The Balaban J connectivity index is 1.02. The minimum atomic E-state index is 0.926. The zero-order valence-corrected chi connectivity index (χ0v) is 31.9. The van der Waals surface area contributed by atoms with Crippen LogP contribution in [-0.4, -0.2) is 4.57 Å². The maximum Gasteiger partial charge on any atom is 0.143 e. The summed E-state index contributed by atoms with van der Waals surface area (Å²) in [4.78, 5) is 2.35.